The van der Waals surface area contributed by atoms with E-state index in [0.29, 0.717) is 6.42 Å². The molecule has 0 heterocycles. The lowest BCUT2D eigenvalue weighted by molar-refractivity contribution is -0.121. The van der Waals surface area contributed by atoms with Gasteiger partial charge in [-0.2, -0.15) is 5.10 Å². The second-order valence-corrected chi connectivity index (χ2v) is 5.54. The van der Waals surface area contributed by atoms with E-state index in [1.165, 1.54) is 11.1 Å². The topological polar surface area (TPSA) is 41.5 Å². The number of nitrogens with zero attached hydrogens (tertiary/aromatic N) is 1. The molecule has 0 aromatic heterocycles. The van der Waals surface area contributed by atoms with Gasteiger partial charge in [-0.15, -0.1) is 0 Å². The first-order chi connectivity index (χ1) is 10.8. The van der Waals surface area contributed by atoms with Gasteiger partial charge in [0.05, 0.1) is 5.71 Å². The van der Waals surface area contributed by atoms with Crippen LogP contribution in [0, 0.1) is 0 Å². The van der Waals surface area contributed by atoms with Crippen LogP contribution >= 0.6 is 0 Å². The van der Waals surface area contributed by atoms with E-state index in [4.69, 9.17) is 0 Å². The molecule has 0 aliphatic heterocycles. The van der Waals surface area contributed by atoms with Crippen molar-refractivity contribution in [3.05, 3.63) is 59.7 Å². The van der Waals surface area contributed by atoms with E-state index in [1.54, 1.807) is 0 Å². The number of hydrogen-bond acceptors (Lipinski definition) is 2. The zero-order chi connectivity index (χ0) is 15.4. The highest BCUT2D eigenvalue weighted by Gasteiger charge is 2.24. The summed E-state index contributed by atoms with van der Waals surface area (Å²) in [6, 6.07) is 16.4. The van der Waals surface area contributed by atoms with Crippen LogP contribution in [0.25, 0.3) is 11.1 Å². The van der Waals surface area contributed by atoms with Crippen LogP contribution < -0.4 is 5.43 Å². The zero-order valence-corrected chi connectivity index (χ0v) is 12.8. The van der Waals surface area contributed by atoms with Crippen molar-refractivity contribution in [3.63, 3.8) is 0 Å². The standard InChI is InChI=1S/C19H20N2O/c1-2-3-4-13-18(22)20-21-19-16-11-7-5-9-14(16)15-10-6-8-12-17(15)19/h5-12H,2-4,13H2,1H3,(H,20,22). The number of fused-ring (bicyclic) bond motifs is 3. The first-order valence-electron chi connectivity index (χ1n) is 7.87. The molecule has 0 fully saturated rings. The van der Waals surface area contributed by atoms with Gasteiger partial charge in [0.1, 0.15) is 0 Å². The highest BCUT2D eigenvalue weighted by molar-refractivity contribution is 6.24. The lowest BCUT2D eigenvalue weighted by atomic mass is 10.1. The third-order valence-electron chi connectivity index (χ3n) is 3.95. The molecule has 3 nitrogen and oxygen atoms in total. The molecule has 0 saturated heterocycles. The number of hydrazone groups is 1. The van der Waals surface area contributed by atoms with Crippen LogP contribution in [0.4, 0.5) is 0 Å². The van der Waals surface area contributed by atoms with E-state index < -0.39 is 0 Å². The summed E-state index contributed by atoms with van der Waals surface area (Å²) in [6.07, 6.45) is 3.65. The van der Waals surface area contributed by atoms with E-state index in [2.05, 4.69) is 41.7 Å². The lowest BCUT2D eigenvalue weighted by Gasteiger charge is -2.03. The monoisotopic (exact) mass is 292 g/mol. The molecule has 22 heavy (non-hydrogen) atoms. The van der Waals surface area contributed by atoms with E-state index in [-0.39, 0.29) is 5.91 Å². The fraction of sp³-hybridized carbons (Fsp3) is 0.263. The Morgan fingerprint density at radius 3 is 2.00 bits per heavy atom. The van der Waals surface area contributed by atoms with E-state index in [9.17, 15) is 4.79 Å². The summed E-state index contributed by atoms with van der Waals surface area (Å²) in [4.78, 5) is 11.9. The van der Waals surface area contributed by atoms with Crippen LogP contribution in [0.2, 0.25) is 0 Å². The molecule has 0 saturated carbocycles. The predicted octanol–water partition coefficient (Wildman–Crippen LogP) is 4.12. The maximum Gasteiger partial charge on any atom is 0.240 e. The molecule has 2 aromatic carbocycles. The Balaban J connectivity index is 1.84. The Morgan fingerprint density at radius 2 is 1.45 bits per heavy atom. The Bertz CT molecular complexity index is 671. The van der Waals surface area contributed by atoms with Gasteiger partial charge < -0.3 is 0 Å². The summed E-state index contributed by atoms with van der Waals surface area (Å²) in [5.41, 5.74) is 8.09. The van der Waals surface area contributed by atoms with Crippen LogP contribution in [0.3, 0.4) is 0 Å². The van der Waals surface area contributed by atoms with Crippen molar-refractivity contribution in [2.24, 2.45) is 5.10 Å². The number of benzene rings is 2. The minimum absolute atomic E-state index is 0.0113. The van der Waals surface area contributed by atoms with E-state index in [1.807, 2.05) is 24.3 Å². The van der Waals surface area contributed by atoms with Crippen molar-refractivity contribution in [1.82, 2.24) is 5.43 Å². The molecule has 3 rings (SSSR count). The van der Waals surface area contributed by atoms with Gasteiger partial charge in [-0.1, -0.05) is 68.3 Å². The van der Waals surface area contributed by atoms with Gasteiger partial charge in [0.15, 0.2) is 0 Å². The van der Waals surface area contributed by atoms with Gasteiger partial charge in [-0.3, -0.25) is 4.79 Å². The van der Waals surface area contributed by atoms with Crippen molar-refractivity contribution in [2.45, 2.75) is 32.6 Å². The number of carbonyl (C=O) groups is 1. The van der Waals surface area contributed by atoms with Crippen molar-refractivity contribution in [3.8, 4) is 11.1 Å². The summed E-state index contributed by atoms with van der Waals surface area (Å²) in [6.45, 7) is 2.13. The number of unbranched alkanes of at least 4 members (excludes halogenated alkanes) is 2. The molecule has 0 atom stereocenters. The van der Waals surface area contributed by atoms with Crippen molar-refractivity contribution in [2.75, 3.05) is 0 Å². The van der Waals surface area contributed by atoms with Crippen molar-refractivity contribution in [1.29, 1.82) is 0 Å². The normalized spacial score (nSPS) is 11.8. The highest BCUT2D eigenvalue weighted by Crippen LogP contribution is 2.36. The molecule has 1 aliphatic carbocycles. The third-order valence-corrected chi connectivity index (χ3v) is 3.95. The summed E-state index contributed by atoms with van der Waals surface area (Å²) in [5.74, 6) is -0.0113. The highest BCUT2D eigenvalue weighted by atomic mass is 16.2. The smallest absolute Gasteiger partial charge is 0.240 e. The summed E-state index contributed by atoms with van der Waals surface area (Å²) in [5, 5.41) is 4.40. The first-order valence-corrected chi connectivity index (χ1v) is 7.87. The van der Waals surface area contributed by atoms with Gasteiger partial charge in [0.25, 0.3) is 0 Å². The molecule has 1 aliphatic rings. The average Bonchev–Trinajstić information content (AvgIpc) is 2.87. The minimum atomic E-state index is -0.0113. The molecule has 1 N–H and O–H groups in total. The predicted molar refractivity (Wildman–Crippen MR) is 89.8 cm³/mol. The van der Waals surface area contributed by atoms with E-state index >= 15 is 0 Å². The van der Waals surface area contributed by atoms with Crippen molar-refractivity contribution >= 4 is 11.6 Å². The van der Waals surface area contributed by atoms with E-state index in [0.717, 1.165) is 36.1 Å². The van der Waals surface area contributed by atoms with Crippen LogP contribution in [0.15, 0.2) is 53.6 Å². The molecule has 0 radical (unpaired) electrons. The van der Waals surface area contributed by atoms with Gasteiger partial charge >= 0.3 is 0 Å². The van der Waals surface area contributed by atoms with Gasteiger partial charge in [-0.25, -0.2) is 5.43 Å². The summed E-state index contributed by atoms with van der Waals surface area (Å²) in [7, 11) is 0. The minimum Gasteiger partial charge on any atom is -0.273 e. The molecule has 1 amide bonds. The average molecular weight is 292 g/mol. The SMILES string of the molecule is CCCCCC(=O)NN=C1c2ccccc2-c2ccccc21. The summed E-state index contributed by atoms with van der Waals surface area (Å²) < 4.78 is 0. The fourth-order valence-corrected chi connectivity index (χ4v) is 2.82. The zero-order valence-electron chi connectivity index (χ0n) is 12.8. The Kier molecular flexibility index (Phi) is 4.33. The largest absolute Gasteiger partial charge is 0.273 e. The van der Waals surface area contributed by atoms with Crippen LogP contribution in [-0.2, 0) is 4.79 Å². The van der Waals surface area contributed by atoms with Crippen LogP contribution in [-0.4, -0.2) is 11.6 Å². The Hall–Kier alpha value is -2.42. The third kappa shape index (κ3) is 2.80. The number of hydrogen-bond donors (Lipinski definition) is 1. The van der Waals surface area contributed by atoms with Gasteiger partial charge in [-0.05, 0) is 17.5 Å². The molecule has 0 spiro atoms. The lowest BCUT2D eigenvalue weighted by Crippen LogP contribution is -2.19. The molecule has 0 unspecified atom stereocenters. The molecule has 2 aromatic rings. The number of rotatable bonds is 5. The molecule has 112 valence electrons. The van der Waals surface area contributed by atoms with Crippen LogP contribution in [0.1, 0.15) is 43.7 Å². The second-order valence-electron chi connectivity index (χ2n) is 5.54. The number of nitrogens with one attached hydrogen (secondary N) is 1. The maximum absolute atomic E-state index is 11.9. The second kappa shape index (κ2) is 6.56. The number of amides is 1. The van der Waals surface area contributed by atoms with Gasteiger partial charge in [0, 0.05) is 17.5 Å². The first kappa shape index (κ1) is 14.5. The van der Waals surface area contributed by atoms with Gasteiger partial charge in [0.2, 0.25) is 5.91 Å². The Morgan fingerprint density at radius 1 is 0.909 bits per heavy atom. The molecular weight excluding hydrogens is 272 g/mol. The molecular formula is C19H20N2O. The van der Waals surface area contributed by atoms with Crippen molar-refractivity contribution < 1.29 is 4.79 Å². The summed E-state index contributed by atoms with van der Waals surface area (Å²) >= 11 is 0. The fourth-order valence-electron chi connectivity index (χ4n) is 2.82. The maximum atomic E-state index is 11.9. The quantitative estimate of drug-likeness (QED) is 0.558. The molecule has 0 bridgehead atoms. The van der Waals surface area contributed by atoms with Crippen LogP contribution in [0.5, 0.6) is 0 Å². The Labute approximate surface area is 131 Å². The number of carbonyl (C=O) groups excluding carboxylic acids is 1. The molecule has 3 heteroatoms.